The molecule has 65 heavy (non-hydrogen) atoms. The second kappa shape index (κ2) is 25.9. The molecule has 1 aromatic heterocycles. The van der Waals surface area contributed by atoms with Crippen molar-refractivity contribution in [1.29, 1.82) is 0 Å². The van der Waals surface area contributed by atoms with Crippen molar-refractivity contribution in [2.45, 2.75) is 109 Å². The number of hydrogen-bond donors (Lipinski definition) is 12. The van der Waals surface area contributed by atoms with Crippen LogP contribution in [0, 0.1) is 11.8 Å². The van der Waals surface area contributed by atoms with Crippen LogP contribution in [0.2, 0.25) is 0 Å². The fourth-order valence-electron chi connectivity index (χ4n) is 6.74. The van der Waals surface area contributed by atoms with Gasteiger partial charge in [0.15, 0.2) is 5.96 Å². The van der Waals surface area contributed by atoms with E-state index in [-0.39, 0.29) is 44.1 Å². The van der Waals surface area contributed by atoms with Crippen molar-refractivity contribution in [2.75, 3.05) is 13.1 Å². The van der Waals surface area contributed by atoms with E-state index in [1.54, 1.807) is 63.4 Å². The molecule has 0 unspecified atom stereocenters. The van der Waals surface area contributed by atoms with Crippen LogP contribution >= 0.6 is 0 Å². The van der Waals surface area contributed by atoms with Gasteiger partial charge in [0.1, 0.15) is 30.2 Å². The minimum Gasteiger partial charge on any atom is -0.481 e. The van der Waals surface area contributed by atoms with Crippen LogP contribution < -0.4 is 49.1 Å². The number of para-hydroxylation sites is 1. The number of carboxylic acid groups (broad SMARTS) is 2. The van der Waals surface area contributed by atoms with Crippen molar-refractivity contribution in [3.8, 4) is 0 Å². The molecule has 0 radical (unpaired) electrons. The lowest BCUT2D eigenvalue weighted by atomic mass is 9.97. The molecule has 15 N–H and O–H groups in total. The molecule has 0 saturated carbocycles. The number of carbonyl (C=O) groups is 8. The second-order valence-corrected chi connectivity index (χ2v) is 15.9. The molecular weight excluding hydrogens is 843 g/mol. The number of rotatable bonds is 27. The van der Waals surface area contributed by atoms with E-state index in [4.69, 9.17) is 17.2 Å². The van der Waals surface area contributed by atoms with Crippen LogP contribution in [0.15, 0.2) is 65.8 Å². The summed E-state index contributed by atoms with van der Waals surface area (Å²) in [6.45, 7) is 6.33. The monoisotopic (exact) mass is 905 g/mol. The third-order valence-electron chi connectivity index (χ3n) is 11.0. The molecule has 354 valence electrons. The summed E-state index contributed by atoms with van der Waals surface area (Å²) < 4.78 is 0. The first kappa shape index (κ1) is 52.3. The Hall–Kier alpha value is -7.03. The number of aliphatic imine (C=N–C) groups is 1. The molecule has 8 atom stereocenters. The minimum absolute atomic E-state index is 0.0234. The van der Waals surface area contributed by atoms with Crippen LogP contribution in [0.5, 0.6) is 0 Å². The third kappa shape index (κ3) is 16.9. The summed E-state index contributed by atoms with van der Waals surface area (Å²) in [4.78, 5) is 112. The third-order valence-corrected chi connectivity index (χ3v) is 11.0. The Bertz CT molecular complexity index is 2140. The van der Waals surface area contributed by atoms with E-state index in [0.717, 1.165) is 10.9 Å². The molecule has 0 bridgehead atoms. The quantitative estimate of drug-likeness (QED) is 0.0262. The predicted octanol–water partition coefficient (Wildman–Crippen LogP) is -0.474. The van der Waals surface area contributed by atoms with Gasteiger partial charge in [0.25, 0.3) is 0 Å². The smallest absolute Gasteiger partial charge is 0.326 e. The van der Waals surface area contributed by atoms with Crippen molar-refractivity contribution in [3.63, 3.8) is 0 Å². The summed E-state index contributed by atoms with van der Waals surface area (Å²) in [6.07, 6.45) is 1.78. The summed E-state index contributed by atoms with van der Waals surface area (Å²) in [5.74, 6) is -8.72. The summed E-state index contributed by atoms with van der Waals surface area (Å²) in [5, 5.41) is 35.4. The number of nitrogens with one attached hydrogen (secondary N) is 7. The Kier molecular flexibility index (Phi) is 20.9. The Balaban J connectivity index is 1.82. The molecule has 0 spiro atoms. The van der Waals surface area contributed by atoms with Crippen molar-refractivity contribution < 1.29 is 48.6 Å². The maximum absolute atomic E-state index is 14.0. The fraction of sp³-hybridized carbons (Fsp3) is 0.477. The van der Waals surface area contributed by atoms with Crippen LogP contribution in [0.3, 0.4) is 0 Å². The molecule has 0 fully saturated rings. The summed E-state index contributed by atoms with van der Waals surface area (Å²) in [6, 6.07) is 8.02. The Morgan fingerprint density at radius 1 is 0.692 bits per heavy atom. The largest absolute Gasteiger partial charge is 0.481 e. The maximum Gasteiger partial charge on any atom is 0.326 e. The van der Waals surface area contributed by atoms with Crippen molar-refractivity contribution in [2.24, 2.45) is 34.0 Å². The molecule has 21 heteroatoms. The molecule has 3 aromatic rings. The number of benzene rings is 2. The first-order valence-corrected chi connectivity index (χ1v) is 21.5. The average molecular weight is 906 g/mol. The van der Waals surface area contributed by atoms with E-state index in [9.17, 15) is 48.6 Å². The first-order chi connectivity index (χ1) is 30.8. The number of fused-ring (bicyclic) bond motifs is 1. The Morgan fingerprint density at radius 2 is 1.28 bits per heavy atom. The maximum atomic E-state index is 14.0. The molecule has 0 aliphatic rings. The predicted molar refractivity (Wildman–Crippen MR) is 241 cm³/mol. The lowest BCUT2D eigenvalue weighted by Crippen LogP contribution is -2.58. The highest BCUT2D eigenvalue weighted by Gasteiger charge is 2.34. The van der Waals surface area contributed by atoms with Gasteiger partial charge in [0.05, 0.1) is 19.0 Å². The normalized spacial score (nSPS) is 14.7. The van der Waals surface area contributed by atoms with Gasteiger partial charge in [0.2, 0.25) is 35.4 Å². The first-order valence-electron chi connectivity index (χ1n) is 21.5. The zero-order chi connectivity index (χ0) is 48.2. The highest BCUT2D eigenvalue weighted by molar-refractivity contribution is 5.97. The zero-order valence-electron chi connectivity index (χ0n) is 37.1. The lowest BCUT2D eigenvalue weighted by molar-refractivity contribution is -0.144. The van der Waals surface area contributed by atoms with Crippen molar-refractivity contribution in [1.82, 2.24) is 36.9 Å². The molecule has 0 saturated heterocycles. The van der Waals surface area contributed by atoms with Gasteiger partial charge in [-0.1, -0.05) is 89.1 Å². The van der Waals surface area contributed by atoms with Gasteiger partial charge >= 0.3 is 11.9 Å². The van der Waals surface area contributed by atoms with Gasteiger partial charge in [0, 0.05) is 36.5 Å². The summed E-state index contributed by atoms with van der Waals surface area (Å²) in [5.41, 5.74) is 19.1. The van der Waals surface area contributed by atoms with Crippen molar-refractivity contribution in [3.05, 3.63) is 71.9 Å². The van der Waals surface area contributed by atoms with Crippen LogP contribution in [0.1, 0.15) is 70.9 Å². The van der Waals surface area contributed by atoms with E-state index >= 15 is 0 Å². The summed E-state index contributed by atoms with van der Waals surface area (Å²) in [7, 11) is 0. The lowest BCUT2D eigenvalue weighted by Gasteiger charge is -2.26. The molecule has 2 aromatic carbocycles. The van der Waals surface area contributed by atoms with Crippen LogP contribution in [0.4, 0.5) is 0 Å². The van der Waals surface area contributed by atoms with Gasteiger partial charge in [-0.25, -0.2) is 4.79 Å². The molecule has 0 aliphatic carbocycles. The van der Waals surface area contributed by atoms with Crippen LogP contribution in [-0.4, -0.2) is 118 Å². The molecule has 21 nitrogen and oxygen atoms in total. The van der Waals surface area contributed by atoms with E-state index in [0.29, 0.717) is 24.0 Å². The fourth-order valence-corrected chi connectivity index (χ4v) is 6.74. The van der Waals surface area contributed by atoms with Crippen LogP contribution in [0.25, 0.3) is 10.9 Å². The number of guanidine groups is 1. The zero-order valence-corrected chi connectivity index (χ0v) is 37.1. The number of aromatic amines is 1. The number of H-pyrrole nitrogens is 1. The van der Waals surface area contributed by atoms with Gasteiger partial charge in [-0.05, 0) is 41.9 Å². The molecular formula is C44H63N11O10. The van der Waals surface area contributed by atoms with Gasteiger partial charge in [-0.2, -0.15) is 0 Å². The second-order valence-electron chi connectivity index (χ2n) is 15.9. The highest BCUT2D eigenvalue weighted by atomic mass is 16.4. The number of amides is 6. The molecule has 1 heterocycles. The molecule has 6 amide bonds. The highest BCUT2D eigenvalue weighted by Crippen LogP contribution is 2.20. The number of carboxylic acids is 2. The van der Waals surface area contributed by atoms with E-state index < -0.39 is 103 Å². The SMILES string of the molecule is CC[C@H](C)[C@H](N)C(=O)N[C@@H](Cc1ccccc1)C(=O)N[C@@H](CC(=O)O)C(=O)NCC(=O)N[C@@H](CCCN=C(N)N)C(=O)N[C@@H](Cc1c[nH]c2ccccc12)C(=O)N[C@H](C(=O)O)[C@@H](C)CC. The van der Waals surface area contributed by atoms with Crippen molar-refractivity contribution >= 4 is 64.2 Å². The number of nitrogens with zero attached hydrogens (tertiary/aromatic N) is 1. The number of carbonyl (C=O) groups excluding carboxylic acids is 6. The number of aromatic nitrogens is 1. The summed E-state index contributed by atoms with van der Waals surface area (Å²) >= 11 is 0. The number of hydrogen-bond acceptors (Lipinski definition) is 10. The Morgan fingerprint density at radius 3 is 1.91 bits per heavy atom. The van der Waals surface area contributed by atoms with Crippen LogP contribution in [-0.2, 0) is 51.2 Å². The van der Waals surface area contributed by atoms with Gasteiger partial charge in [-0.15, -0.1) is 0 Å². The van der Waals surface area contributed by atoms with Gasteiger partial charge in [-0.3, -0.25) is 38.6 Å². The standard InChI is InChI=1S/C44H63N11O10/c1-5-24(3)36(45)42(63)54-31(19-26-13-8-7-9-14-26)40(61)53-33(21-35(57)58)38(59)50-23-34(56)51-30(17-12-18-48-44(46)47)39(60)52-32(41(62)55-37(43(64)65)25(4)6-2)20-27-22-49-29-16-11-10-15-28(27)29/h7-11,13-16,22,24-25,30-33,36-37,49H,5-6,12,17-21,23,45H2,1-4H3,(H,50,59)(H,51,56)(H,52,60)(H,53,61)(H,54,63)(H,55,62)(H,57,58)(H,64,65)(H4,46,47,48)/t24-,25-,30-,31-,32-,33-,36-,37-/m0/s1. The van der Waals surface area contributed by atoms with Gasteiger partial charge < -0.3 is 64.3 Å². The number of aliphatic carboxylic acids is 2. The molecule has 0 aliphatic heterocycles. The molecule has 3 rings (SSSR count). The van der Waals surface area contributed by atoms with E-state index in [2.05, 4.69) is 41.9 Å². The topological polar surface area (TPSA) is 355 Å². The Labute approximate surface area is 376 Å². The minimum atomic E-state index is -1.71. The van der Waals surface area contributed by atoms with E-state index in [1.165, 1.54) is 0 Å². The average Bonchev–Trinajstić information content (AvgIpc) is 3.68. The number of nitrogens with two attached hydrogens (primary N) is 3. The van der Waals surface area contributed by atoms with E-state index in [1.807, 2.05) is 25.1 Å².